The molecule has 1 aliphatic rings. The molecular weight excluding hydrogens is 485 g/mol. The summed E-state index contributed by atoms with van der Waals surface area (Å²) >= 11 is 12.3. The second kappa shape index (κ2) is 9.82. The first-order valence-electron chi connectivity index (χ1n) is 10.9. The van der Waals surface area contributed by atoms with Gasteiger partial charge in [0.25, 0.3) is 5.91 Å². The van der Waals surface area contributed by atoms with E-state index in [1.54, 1.807) is 28.9 Å². The van der Waals surface area contributed by atoms with Gasteiger partial charge in [0.05, 0.1) is 5.57 Å². The number of halogens is 2. The number of amides is 1. The van der Waals surface area contributed by atoms with E-state index >= 15 is 0 Å². The van der Waals surface area contributed by atoms with Crippen molar-refractivity contribution in [1.29, 1.82) is 0 Å². The fourth-order valence-corrected chi connectivity index (χ4v) is 4.29. The van der Waals surface area contributed by atoms with Gasteiger partial charge in [-0.05, 0) is 55.0 Å². The van der Waals surface area contributed by atoms with Crippen LogP contribution in [0.3, 0.4) is 0 Å². The number of fused-ring (bicyclic) bond motifs is 1. The van der Waals surface area contributed by atoms with Gasteiger partial charge in [-0.2, -0.15) is 10.1 Å². The van der Waals surface area contributed by atoms with E-state index in [1.807, 2.05) is 55.5 Å². The highest BCUT2D eigenvalue weighted by Crippen LogP contribution is 2.36. The molecule has 0 fully saturated rings. The Bertz CT molecular complexity index is 1420. The van der Waals surface area contributed by atoms with E-state index in [0.717, 1.165) is 11.1 Å². The molecule has 0 radical (unpaired) electrons. The second-order valence-electron chi connectivity index (χ2n) is 8.01. The SMILES string of the molecule is CC1=C(C(=O)Nc2ccc(Cl)cc2)[C@@H](c2cccc(OCc3ccccc3Cl)c2)n2ncnc2N1. The van der Waals surface area contributed by atoms with Crippen LogP contribution in [0.15, 0.2) is 90.4 Å². The molecule has 1 aliphatic heterocycles. The van der Waals surface area contributed by atoms with Gasteiger partial charge >= 0.3 is 0 Å². The number of nitrogens with one attached hydrogen (secondary N) is 2. The minimum atomic E-state index is -0.509. The van der Waals surface area contributed by atoms with Crippen LogP contribution in [0.25, 0.3) is 0 Å². The van der Waals surface area contributed by atoms with Crippen molar-refractivity contribution < 1.29 is 9.53 Å². The summed E-state index contributed by atoms with van der Waals surface area (Å²) in [5.74, 6) is 0.946. The zero-order valence-corrected chi connectivity index (χ0v) is 20.2. The molecule has 35 heavy (non-hydrogen) atoms. The van der Waals surface area contributed by atoms with Crippen molar-refractivity contribution in [3.63, 3.8) is 0 Å². The van der Waals surface area contributed by atoms with Crippen molar-refractivity contribution >= 4 is 40.7 Å². The third kappa shape index (κ3) is 4.87. The molecule has 5 rings (SSSR count). The van der Waals surface area contributed by atoms with Gasteiger partial charge in [0.15, 0.2) is 0 Å². The van der Waals surface area contributed by atoms with Gasteiger partial charge in [-0.25, -0.2) is 4.68 Å². The molecule has 2 heterocycles. The maximum atomic E-state index is 13.5. The fourth-order valence-electron chi connectivity index (χ4n) is 3.98. The molecule has 9 heteroatoms. The first-order chi connectivity index (χ1) is 17.0. The lowest BCUT2D eigenvalue weighted by Gasteiger charge is -2.29. The highest BCUT2D eigenvalue weighted by molar-refractivity contribution is 6.31. The van der Waals surface area contributed by atoms with E-state index in [4.69, 9.17) is 27.9 Å². The van der Waals surface area contributed by atoms with Gasteiger partial charge in [0.2, 0.25) is 5.95 Å². The van der Waals surface area contributed by atoms with Crippen molar-refractivity contribution in [2.75, 3.05) is 10.6 Å². The van der Waals surface area contributed by atoms with E-state index < -0.39 is 6.04 Å². The highest BCUT2D eigenvalue weighted by Gasteiger charge is 2.33. The monoisotopic (exact) mass is 505 g/mol. The molecule has 1 amide bonds. The summed E-state index contributed by atoms with van der Waals surface area (Å²) in [7, 11) is 0. The van der Waals surface area contributed by atoms with E-state index in [2.05, 4.69) is 20.7 Å². The Balaban J connectivity index is 1.46. The maximum Gasteiger partial charge on any atom is 0.255 e. The van der Waals surface area contributed by atoms with Crippen LogP contribution in [-0.4, -0.2) is 20.7 Å². The number of carbonyl (C=O) groups excluding carboxylic acids is 1. The lowest BCUT2D eigenvalue weighted by atomic mass is 9.95. The molecule has 1 atom stereocenters. The first-order valence-corrected chi connectivity index (χ1v) is 11.7. The predicted octanol–water partition coefficient (Wildman–Crippen LogP) is 6.09. The number of ether oxygens (including phenoxy) is 1. The van der Waals surface area contributed by atoms with Gasteiger partial charge in [0.1, 0.15) is 24.7 Å². The minimum Gasteiger partial charge on any atom is -0.489 e. The molecule has 3 aromatic carbocycles. The quantitative estimate of drug-likeness (QED) is 0.331. The van der Waals surface area contributed by atoms with E-state index in [1.165, 1.54) is 6.33 Å². The molecular formula is C26H21Cl2N5O2. The van der Waals surface area contributed by atoms with Gasteiger partial charge < -0.3 is 15.4 Å². The summed E-state index contributed by atoms with van der Waals surface area (Å²) in [6.07, 6.45) is 1.46. The van der Waals surface area contributed by atoms with Crippen LogP contribution in [0.4, 0.5) is 11.6 Å². The number of rotatable bonds is 6. The van der Waals surface area contributed by atoms with Crippen molar-refractivity contribution in [1.82, 2.24) is 14.8 Å². The molecule has 0 unspecified atom stereocenters. The van der Waals surface area contributed by atoms with E-state index in [-0.39, 0.29) is 5.91 Å². The van der Waals surface area contributed by atoms with Crippen molar-refractivity contribution in [3.8, 4) is 5.75 Å². The number of benzene rings is 3. The highest BCUT2D eigenvalue weighted by atomic mass is 35.5. The third-order valence-corrected chi connectivity index (χ3v) is 6.29. The Morgan fingerprint density at radius 3 is 2.69 bits per heavy atom. The van der Waals surface area contributed by atoms with Crippen LogP contribution in [0, 0.1) is 0 Å². The summed E-state index contributed by atoms with van der Waals surface area (Å²) in [4.78, 5) is 17.8. The zero-order chi connectivity index (χ0) is 24.4. The molecule has 7 nitrogen and oxygen atoms in total. The summed E-state index contributed by atoms with van der Waals surface area (Å²) < 4.78 is 7.72. The number of hydrogen-bond donors (Lipinski definition) is 2. The van der Waals surface area contributed by atoms with Crippen molar-refractivity contribution in [2.24, 2.45) is 0 Å². The number of allylic oxidation sites excluding steroid dienone is 1. The Kier molecular flexibility index (Phi) is 6.44. The van der Waals surface area contributed by atoms with Crippen LogP contribution in [0.1, 0.15) is 24.1 Å². The molecule has 2 N–H and O–H groups in total. The molecule has 176 valence electrons. The predicted molar refractivity (Wildman–Crippen MR) is 137 cm³/mol. The van der Waals surface area contributed by atoms with Crippen LogP contribution >= 0.6 is 23.2 Å². The van der Waals surface area contributed by atoms with Crippen LogP contribution in [0.5, 0.6) is 5.75 Å². The van der Waals surface area contributed by atoms with Gasteiger partial charge in [-0.3, -0.25) is 4.79 Å². The lowest BCUT2D eigenvalue weighted by molar-refractivity contribution is -0.113. The van der Waals surface area contributed by atoms with Crippen LogP contribution < -0.4 is 15.4 Å². The van der Waals surface area contributed by atoms with E-state index in [9.17, 15) is 4.79 Å². The summed E-state index contributed by atoms with van der Waals surface area (Å²) in [5, 5.41) is 11.8. The smallest absolute Gasteiger partial charge is 0.255 e. The summed E-state index contributed by atoms with van der Waals surface area (Å²) in [5.41, 5.74) is 3.56. The Hall–Kier alpha value is -3.81. The Labute approximate surface area is 212 Å². The van der Waals surface area contributed by atoms with E-state index in [0.29, 0.717) is 45.3 Å². The van der Waals surface area contributed by atoms with Crippen LogP contribution in [-0.2, 0) is 11.4 Å². The number of nitrogens with zero attached hydrogens (tertiary/aromatic N) is 3. The number of hydrogen-bond acceptors (Lipinski definition) is 5. The molecule has 0 bridgehead atoms. The normalized spacial score (nSPS) is 14.8. The maximum absolute atomic E-state index is 13.5. The average molecular weight is 506 g/mol. The van der Waals surface area contributed by atoms with Gasteiger partial charge in [-0.15, -0.1) is 0 Å². The number of anilines is 2. The number of carbonyl (C=O) groups is 1. The molecule has 0 saturated heterocycles. The molecule has 0 saturated carbocycles. The summed E-state index contributed by atoms with van der Waals surface area (Å²) in [6, 6.07) is 21.6. The summed E-state index contributed by atoms with van der Waals surface area (Å²) in [6.45, 7) is 2.17. The minimum absolute atomic E-state index is 0.258. The van der Waals surface area contributed by atoms with Crippen molar-refractivity contribution in [3.05, 3.63) is 112 Å². The first kappa shape index (κ1) is 23.0. The molecule has 0 aliphatic carbocycles. The lowest BCUT2D eigenvalue weighted by Crippen LogP contribution is -2.31. The third-order valence-electron chi connectivity index (χ3n) is 5.67. The molecule has 4 aromatic rings. The Morgan fingerprint density at radius 2 is 1.89 bits per heavy atom. The molecule has 0 spiro atoms. The van der Waals surface area contributed by atoms with Crippen LogP contribution in [0.2, 0.25) is 10.0 Å². The fraction of sp³-hybridized carbons (Fsp3) is 0.115. The second-order valence-corrected chi connectivity index (χ2v) is 8.85. The van der Waals surface area contributed by atoms with Crippen molar-refractivity contribution in [2.45, 2.75) is 19.6 Å². The molecule has 1 aromatic heterocycles. The standard InChI is InChI=1S/C26H21Cl2N5O2/c1-16-23(25(34)32-20-11-9-19(27)10-12-20)24(33-26(31-16)29-15-30-33)17-6-4-7-21(13-17)35-14-18-5-2-3-8-22(18)28/h2-13,15,24H,14H2,1H3,(H,32,34)(H,29,30,31)/t24-/m1/s1. The van der Waals surface area contributed by atoms with Gasteiger partial charge in [0, 0.05) is 27.0 Å². The topological polar surface area (TPSA) is 81.1 Å². The number of aromatic nitrogens is 3. The Morgan fingerprint density at radius 1 is 1.09 bits per heavy atom. The zero-order valence-electron chi connectivity index (χ0n) is 18.7. The van der Waals surface area contributed by atoms with Gasteiger partial charge in [-0.1, -0.05) is 53.5 Å². The largest absolute Gasteiger partial charge is 0.489 e. The average Bonchev–Trinajstić information content (AvgIpc) is 3.32.